The molecule has 1 aromatic heterocycles. The zero-order valence-electron chi connectivity index (χ0n) is 8.70. The van der Waals surface area contributed by atoms with E-state index in [-0.39, 0.29) is 5.69 Å². The fourth-order valence-corrected chi connectivity index (χ4v) is 1.95. The summed E-state index contributed by atoms with van der Waals surface area (Å²) in [6.07, 6.45) is 0. The first-order valence-electron chi connectivity index (χ1n) is 4.60. The second-order valence-electron chi connectivity index (χ2n) is 3.27. The van der Waals surface area contributed by atoms with E-state index in [0.29, 0.717) is 26.7 Å². The summed E-state index contributed by atoms with van der Waals surface area (Å²) in [6, 6.07) is 4.48. The fraction of sp³-hybridized carbons (Fsp3) is 0.0909. The summed E-state index contributed by atoms with van der Waals surface area (Å²) >= 11 is 12.0. The number of methoxy groups -OCH3 is 1. The molecule has 0 atom stereocenters. The minimum absolute atomic E-state index is 0.140. The van der Waals surface area contributed by atoms with E-state index in [1.807, 2.05) is 0 Å². The molecule has 2 rings (SSSR count). The molecule has 6 heteroatoms. The SMILES string of the molecule is COc1cc(C(=O)O)nc2c(Cl)ccc(Cl)c12. The number of carboxylic acid groups (broad SMARTS) is 1. The monoisotopic (exact) mass is 271 g/mol. The van der Waals surface area contributed by atoms with Gasteiger partial charge in [-0.15, -0.1) is 0 Å². The van der Waals surface area contributed by atoms with Crippen LogP contribution in [0.25, 0.3) is 10.9 Å². The summed E-state index contributed by atoms with van der Waals surface area (Å²) in [5, 5.41) is 10.2. The lowest BCUT2D eigenvalue weighted by Gasteiger charge is -2.09. The van der Waals surface area contributed by atoms with Gasteiger partial charge in [0, 0.05) is 6.07 Å². The van der Waals surface area contributed by atoms with Crippen molar-refractivity contribution in [2.75, 3.05) is 7.11 Å². The van der Waals surface area contributed by atoms with Crippen molar-refractivity contribution in [1.29, 1.82) is 0 Å². The van der Waals surface area contributed by atoms with E-state index in [1.54, 1.807) is 12.1 Å². The Labute approximate surface area is 107 Å². The first-order chi connectivity index (χ1) is 8.04. The van der Waals surface area contributed by atoms with Crippen LogP contribution in [0.4, 0.5) is 0 Å². The van der Waals surface area contributed by atoms with Crippen molar-refractivity contribution in [3.8, 4) is 5.75 Å². The Morgan fingerprint density at radius 1 is 1.35 bits per heavy atom. The van der Waals surface area contributed by atoms with Crippen LogP contribution in [0.3, 0.4) is 0 Å². The number of pyridine rings is 1. The number of hydrogen-bond acceptors (Lipinski definition) is 3. The number of ether oxygens (including phenoxy) is 1. The molecule has 0 spiro atoms. The van der Waals surface area contributed by atoms with E-state index in [9.17, 15) is 4.79 Å². The Kier molecular flexibility index (Phi) is 3.09. The van der Waals surface area contributed by atoms with Crippen molar-refractivity contribution in [3.05, 3.63) is 33.9 Å². The largest absolute Gasteiger partial charge is 0.496 e. The van der Waals surface area contributed by atoms with Crippen molar-refractivity contribution >= 4 is 40.1 Å². The van der Waals surface area contributed by atoms with Crippen LogP contribution >= 0.6 is 23.2 Å². The van der Waals surface area contributed by atoms with Crippen LogP contribution in [0.2, 0.25) is 10.0 Å². The lowest BCUT2D eigenvalue weighted by atomic mass is 10.1. The highest BCUT2D eigenvalue weighted by atomic mass is 35.5. The second kappa shape index (κ2) is 4.39. The van der Waals surface area contributed by atoms with Crippen molar-refractivity contribution in [3.63, 3.8) is 0 Å². The van der Waals surface area contributed by atoms with Gasteiger partial charge in [-0.25, -0.2) is 9.78 Å². The normalized spacial score (nSPS) is 10.5. The molecule has 0 aliphatic rings. The van der Waals surface area contributed by atoms with Gasteiger partial charge in [0.2, 0.25) is 0 Å². The van der Waals surface area contributed by atoms with E-state index >= 15 is 0 Å². The third kappa shape index (κ3) is 2.01. The maximum atomic E-state index is 10.9. The lowest BCUT2D eigenvalue weighted by molar-refractivity contribution is 0.0690. The van der Waals surface area contributed by atoms with Gasteiger partial charge >= 0.3 is 5.97 Å². The number of carbonyl (C=O) groups is 1. The highest BCUT2D eigenvalue weighted by Crippen LogP contribution is 2.35. The molecular formula is C11H7Cl2NO3. The molecule has 2 aromatic rings. The maximum Gasteiger partial charge on any atom is 0.354 e. The quantitative estimate of drug-likeness (QED) is 0.911. The molecule has 1 aromatic carbocycles. The van der Waals surface area contributed by atoms with Crippen molar-refractivity contribution in [2.45, 2.75) is 0 Å². The molecule has 0 radical (unpaired) electrons. The van der Waals surface area contributed by atoms with Gasteiger partial charge in [-0.05, 0) is 12.1 Å². The Balaban J connectivity index is 2.91. The molecule has 0 saturated carbocycles. The van der Waals surface area contributed by atoms with Gasteiger partial charge in [-0.2, -0.15) is 0 Å². The van der Waals surface area contributed by atoms with Gasteiger partial charge in [-0.1, -0.05) is 23.2 Å². The molecule has 0 amide bonds. The number of rotatable bonds is 2. The van der Waals surface area contributed by atoms with Crippen LogP contribution in [0.1, 0.15) is 10.5 Å². The standard InChI is InChI=1S/C11H7Cl2NO3/c1-17-8-4-7(11(15)16)14-10-6(13)3-2-5(12)9(8)10/h2-4H,1H3,(H,15,16). The summed E-state index contributed by atoms with van der Waals surface area (Å²) in [6.45, 7) is 0. The van der Waals surface area contributed by atoms with Crippen LogP contribution in [0.15, 0.2) is 18.2 Å². The minimum atomic E-state index is -1.15. The third-order valence-corrected chi connectivity index (χ3v) is 2.88. The van der Waals surface area contributed by atoms with Crippen LogP contribution in [0, 0.1) is 0 Å². The van der Waals surface area contributed by atoms with Gasteiger partial charge in [-0.3, -0.25) is 0 Å². The highest BCUT2D eigenvalue weighted by molar-refractivity contribution is 6.40. The molecule has 17 heavy (non-hydrogen) atoms. The maximum absolute atomic E-state index is 10.9. The molecule has 0 aliphatic carbocycles. The molecule has 0 saturated heterocycles. The Bertz CT molecular complexity index is 613. The number of fused-ring (bicyclic) bond motifs is 1. The van der Waals surface area contributed by atoms with E-state index < -0.39 is 5.97 Å². The topological polar surface area (TPSA) is 59.4 Å². The zero-order chi connectivity index (χ0) is 12.6. The van der Waals surface area contributed by atoms with Gasteiger partial charge in [0.1, 0.15) is 5.75 Å². The highest BCUT2D eigenvalue weighted by Gasteiger charge is 2.15. The molecule has 0 fully saturated rings. The Morgan fingerprint density at radius 3 is 2.59 bits per heavy atom. The van der Waals surface area contributed by atoms with E-state index in [1.165, 1.54) is 13.2 Å². The summed E-state index contributed by atoms with van der Waals surface area (Å²) in [4.78, 5) is 14.9. The summed E-state index contributed by atoms with van der Waals surface area (Å²) in [5.74, 6) is -0.818. The molecule has 1 N–H and O–H groups in total. The van der Waals surface area contributed by atoms with E-state index in [0.717, 1.165) is 0 Å². The third-order valence-electron chi connectivity index (χ3n) is 2.26. The zero-order valence-corrected chi connectivity index (χ0v) is 10.2. The van der Waals surface area contributed by atoms with E-state index in [2.05, 4.69) is 4.98 Å². The number of aromatic nitrogens is 1. The number of hydrogen-bond donors (Lipinski definition) is 1. The molecular weight excluding hydrogens is 265 g/mol. The van der Waals surface area contributed by atoms with Crippen molar-refractivity contribution in [1.82, 2.24) is 4.98 Å². The second-order valence-corrected chi connectivity index (χ2v) is 4.08. The molecule has 0 bridgehead atoms. The van der Waals surface area contributed by atoms with Crippen LogP contribution in [-0.4, -0.2) is 23.2 Å². The molecule has 88 valence electrons. The van der Waals surface area contributed by atoms with Crippen LogP contribution in [-0.2, 0) is 0 Å². The molecule has 1 heterocycles. The van der Waals surface area contributed by atoms with Gasteiger partial charge in [0.25, 0.3) is 0 Å². The minimum Gasteiger partial charge on any atom is -0.496 e. The summed E-state index contributed by atoms with van der Waals surface area (Å²) < 4.78 is 5.11. The van der Waals surface area contributed by atoms with E-state index in [4.69, 9.17) is 33.0 Å². The predicted octanol–water partition coefficient (Wildman–Crippen LogP) is 3.25. The lowest BCUT2D eigenvalue weighted by Crippen LogP contribution is -2.02. The first kappa shape index (κ1) is 12.0. The Hall–Kier alpha value is -1.52. The van der Waals surface area contributed by atoms with Gasteiger partial charge in [0.15, 0.2) is 5.69 Å². The van der Waals surface area contributed by atoms with Crippen LogP contribution < -0.4 is 4.74 Å². The van der Waals surface area contributed by atoms with Gasteiger partial charge < -0.3 is 9.84 Å². The predicted molar refractivity (Wildman–Crippen MR) is 65.3 cm³/mol. The smallest absolute Gasteiger partial charge is 0.354 e. The summed E-state index contributed by atoms with van der Waals surface area (Å²) in [5.41, 5.74) is 0.175. The molecule has 0 aliphatic heterocycles. The first-order valence-corrected chi connectivity index (χ1v) is 5.36. The Morgan fingerprint density at radius 2 is 2.00 bits per heavy atom. The van der Waals surface area contributed by atoms with Gasteiger partial charge in [0.05, 0.1) is 28.1 Å². The number of carboxylic acids is 1. The number of aromatic carboxylic acids is 1. The number of nitrogens with zero attached hydrogens (tertiary/aromatic N) is 1. The van der Waals surface area contributed by atoms with Crippen molar-refractivity contribution < 1.29 is 14.6 Å². The van der Waals surface area contributed by atoms with Crippen LogP contribution in [0.5, 0.6) is 5.75 Å². The van der Waals surface area contributed by atoms with Crippen molar-refractivity contribution in [2.24, 2.45) is 0 Å². The molecule has 4 nitrogen and oxygen atoms in total. The average molecular weight is 272 g/mol. The number of benzene rings is 1. The average Bonchev–Trinajstić information content (AvgIpc) is 2.32. The summed E-state index contributed by atoms with van der Waals surface area (Å²) in [7, 11) is 1.43. The fourth-order valence-electron chi connectivity index (χ4n) is 1.50. The molecule has 0 unspecified atom stereocenters. The number of halogens is 2.